The van der Waals surface area contributed by atoms with Gasteiger partial charge in [-0.1, -0.05) is 6.92 Å². The van der Waals surface area contributed by atoms with Crippen molar-refractivity contribution in [3.05, 3.63) is 18.5 Å². The Morgan fingerprint density at radius 1 is 1.44 bits per heavy atom. The molecule has 0 bridgehead atoms. The van der Waals surface area contributed by atoms with Gasteiger partial charge in [0.25, 0.3) is 0 Å². The van der Waals surface area contributed by atoms with Crippen molar-refractivity contribution >= 4 is 11.4 Å². The third-order valence-corrected chi connectivity index (χ3v) is 2.03. The monoisotopic (exact) mass is 233 g/mol. The van der Waals surface area contributed by atoms with Crippen molar-refractivity contribution in [2.75, 3.05) is 23.7 Å². The lowest BCUT2D eigenvalue weighted by atomic mass is 10.3. The summed E-state index contributed by atoms with van der Waals surface area (Å²) in [6.07, 6.45) is -0.818. The molecule has 3 nitrogen and oxygen atoms in total. The Bertz CT molecular complexity index is 338. The first-order valence-corrected chi connectivity index (χ1v) is 4.95. The highest BCUT2D eigenvalue weighted by Gasteiger charge is 2.31. The number of nitrogens with zero attached hydrogens (tertiary/aromatic N) is 2. The van der Waals surface area contributed by atoms with Crippen LogP contribution >= 0.6 is 0 Å². The van der Waals surface area contributed by atoms with Gasteiger partial charge in [0.05, 0.1) is 17.6 Å². The summed E-state index contributed by atoms with van der Waals surface area (Å²) in [5, 5.41) is 0. The molecule has 0 aromatic carbocycles. The Morgan fingerprint density at radius 3 is 2.62 bits per heavy atom. The average Bonchev–Trinajstić information content (AvgIpc) is 2.16. The van der Waals surface area contributed by atoms with E-state index < -0.39 is 12.7 Å². The summed E-state index contributed by atoms with van der Waals surface area (Å²) in [6, 6.07) is 1.50. The van der Waals surface area contributed by atoms with Gasteiger partial charge < -0.3 is 10.6 Å². The fraction of sp³-hybridized carbons (Fsp3) is 0.500. The molecule has 0 atom stereocenters. The molecule has 0 amide bonds. The van der Waals surface area contributed by atoms with Crippen molar-refractivity contribution in [1.29, 1.82) is 0 Å². The molecule has 1 rings (SSSR count). The van der Waals surface area contributed by atoms with Crippen LogP contribution in [0.2, 0.25) is 0 Å². The molecule has 0 unspecified atom stereocenters. The number of pyridine rings is 1. The van der Waals surface area contributed by atoms with E-state index in [1.165, 1.54) is 23.4 Å². The van der Waals surface area contributed by atoms with Gasteiger partial charge in [0.1, 0.15) is 6.54 Å². The van der Waals surface area contributed by atoms with E-state index in [-0.39, 0.29) is 5.69 Å². The summed E-state index contributed by atoms with van der Waals surface area (Å²) < 4.78 is 37.0. The number of rotatable bonds is 4. The van der Waals surface area contributed by atoms with Crippen LogP contribution in [0.3, 0.4) is 0 Å². The second-order valence-electron chi connectivity index (χ2n) is 3.47. The van der Waals surface area contributed by atoms with Gasteiger partial charge in [-0.3, -0.25) is 4.98 Å². The molecule has 0 saturated carbocycles. The highest BCUT2D eigenvalue weighted by atomic mass is 19.4. The lowest BCUT2D eigenvalue weighted by molar-refractivity contribution is -0.119. The third-order valence-electron chi connectivity index (χ3n) is 2.03. The topological polar surface area (TPSA) is 42.2 Å². The molecule has 2 N–H and O–H groups in total. The number of halogens is 3. The molecule has 0 radical (unpaired) electrons. The molecule has 0 spiro atoms. The van der Waals surface area contributed by atoms with Crippen molar-refractivity contribution in [3.63, 3.8) is 0 Å². The van der Waals surface area contributed by atoms with Gasteiger partial charge in [-0.15, -0.1) is 0 Å². The molecular formula is C10H14F3N3. The van der Waals surface area contributed by atoms with E-state index in [4.69, 9.17) is 5.73 Å². The lowest BCUT2D eigenvalue weighted by Crippen LogP contribution is -2.35. The Balaban J connectivity index is 2.89. The summed E-state index contributed by atoms with van der Waals surface area (Å²) in [7, 11) is 0. The van der Waals surface area contributed by atoms with Crippen LogP contribution < -0.4 is 10.6 Å². The molecule has 16 heavy (non-hydrogen) atoms. The summed E-state index contributed by atoms with van der Waals surface area (Å²) in [4.78, 5) is 4.97. The maximum absolute atomic E-state index is 12.3. The van der Waals surface area contributed by atoms with E-state index in [1.807, 2.05) is 6.92 Å². The normalized spacial score (nSPS) is 11.5. The zero-order chi connectivity index (χ0) is 12.2. The minimum absolute atomic E-state index is 0.264. The van der Waals surface area contributed by atoms with Crippen LogP contribution in [-0.2, 0) is 0 Å². The molecular weight excluding hydrogens is 219 g/mol. The standard InChI is InChI=1S/C10H14F3N3/c1-2-5-16(7-10(11,12)13)9-3-4-15-6-8(9)14/h3-4,6H,2,5,7,14H2,1H3. The molecule has 0 aliphatic heterocycles. The predicted octanol–water partition coefficient (Wildman–Crippen LogP) is 2.44. The summed E-state index contributed by atoms with van der Waals surface area (Å²) in [5.74, 6) is 0. The van der Waals surface area contributed by atoms with E-state index in [0.29, 0.717) is 18.7 Å². The highest BCUT2D eigenvalue weighted by Crippen LogP contribution is 2.26. The summed E-state index contributed by atoms with van der Waals surface area (Å²) in [6.45, 7) is 1.14. The van der Waals surface area contributed by atoms with Crippen LogP contribution in [0.25, 0.3) is 0 Å². The molecule has 90 valence electrons. The number of nitrogen functional groups attached to an aromatic ring is 1. The first kappa shape index (κ1) is 12.6. The molecule has 6 heteroatoms. The van der Waals surface area contributed by atoms with E-state index >= 15 is 0 Å². The SMILES string of the molecule is CCCN(CC(F)(F)F)c1ccncc1N. The third kappa shape index (κ3) is 3.60. The second kappa shape index (κ2) is 5.05. The summed E-state index contributed by atoms with van der Waals surface area (Å²) >= 11 is 0. The number of anilines is 2. The van der Waals surface area contributed by atoms with Crippen molar-refractivity contribution < 1.29 is 13.2 Å². The van der Waals surface area contributed by atoms with Gasteiger partial charge in [-0.2, -0.15) is 13.2 Å². The van der Waals surface area contributed by atoms with Crippen LogP contribution in [0.4, 0.5) is 24.5 Å². The Labute approximate surface area is 92.1 Å². The maximum Gasteiger partial charge on any atom is 0.405 e. The van der Waals surface area contributed by atoms with Crippen LogP contribution in [0.15, 0.2) is 18.5 Å². The second-order valence-corrected chi connectivity index (χ2v) is 3.47. The van der Waals surface area contributed by atoms with Crippen LogP contribution in [0.1, 0.15) is 13.3 Å². The number of hydrogen-bond acceptors (Lipinski definition) is 3. The molecule has 0 aliphatic rings. The Morgan fingerprint density at radius 2 is 2.12 bits per heavy atom. The van der Waals surface area contributed by atoms with Gasteiger partial charge in [0, 0.05) is 12.7 Å². The molecule has 0 saturated heterocycles. The van der Waals surface area contributed by atoms with Crippen molar-refractivity contribution in [1.82, 2.24) is 4.98 Å². The Kier molecular flexibility index (Phi) is 3.98. The number of nitrogens with two attached hydrogens (primary N) is 1. The lowest BCUT2D eigenvalue weighted by Gasteiger charge is -2.26. The quantitative estimate of drug-likeness (QED) is 0.868. The Hall–Kier alpha value is -1.46. The molecule has 0 aliphatic carbocycles. The minimum Gasteiger partial charge on any atom is -0.396 e. The molecule has 1 heterocycles. The van der Waals surface area contributed by atoms with Crippen LogP contribution in [-0.4, -0.2) is 24.2 Å². The zero-order valence-electron chi connectivity index (χ0n) is 8.96. The maximum atomic E-state index is 12.3. The minimum atomic E-state index is -4.23. The van der Waals surface area contributed by atoms with Crippen molar-refractivity contribution in [2.24, 2.45) is 0 Å². The van der Waals surface area contributed by atoms with Crippen LogP contribution in [0.5, 0.6) is 0 Å². The van der Waals surface area contributed by atoms with Gasteiger partial charge in [-0.05, 0) is 12.5 Å². The van der Waals surface area contributed by atoms with E-state index in [9.17, 15) is 13.2 Å². The van der Waals surface area contributed by atoms with Crippen molar-refractivity contribution in [3.8, 4) is 0 Å². The van der Waals surface area contributed by atoms with E-state index in [1.54, 1.807) is 0 Å². The highest BCUT2D eigenvalue weighted by molar-refractivity contribution is 5.65. The van der Waals surface area contributed by atoms with E-state index in [0.717, 1.165) is 0 Å². The first-order valence-electron chi connectivity index (χ1n) is 4.95. The molecule has 1 aromatic heterocycles. The van der Waals surface area contributed by atoms with Gasteiger partial charge >= 0.3 is 6.18 Å². The van der Waals surface area contributed by atoms with Crippen molar-refractivity contribution in [2.45, 2.75) is 19.5 Å². The largest absolute Gasteiger partial charge is 0.405 e. The smallest absolute Gasteiger partial charge is 0.396 e. The summed E-state index contributed by atoms with van der Waals surface area (Å²) in [5.41, 5.74) is 6.25. The van der Waals surface area contributed by atoms with Gasteiger partial charge in [0.15, 0.2) is 0 Å². The van der Waals surface area contributed by atoms with E-state index in [2.05, 4.69) is 4.98 Å². The first-order chi connectivity index (χ1) is 7.44. The number of aromatic nitrogens is 1. The average molecular weight is 233 g/mol. The fourth-order valence-corrected chi connectivity index (χ4v) is 1.46. The molecule has 0 fully saturated rings. The zero-order valence-corrected chi connectivity index (χ0v) is 8.96. The number of alkyl halides is 3. The number of hydrogen-bond donors (Lipinski definition) is 1. The predicted molar refractivity (Wildman–Crippen MR) is 57.2 cm³/mol. The van der Waals surface area contributed by atoms with Crippen LogP contribution in [0, 0.1) is 0 Å². The fourth-order valence-electron chi connectivity index (χ4n) is 1.46. The van der Waals surface area contributed by atoms with Gasteiger partial charge in [-0.25, -0.2) is 0 Å². The molecule has 1 aromatic rings. The van der Waals surface area contributed by atoms with Gasteiger partial charge in [0.2, 0.25) is 0 Å².